The molecule has 0 aliphatic carbocycles. The average Bonchev–Trinajstić information content (AvgIpc) is 2.81. The van der Waals surface area contributed by atoms with Crippen molar-refractivity contribution in [1.29, 1.82) is 0 Å². The van der Waals surface area contributed by atoms with Crippen LogP contribution in [0, 0.1) is 0 Å². The number of hydrogen-bond donors (Lipinski definition) is 1. The summed E-state index contributed by atoms with van der Waals surface area (Å²) in [6, 6.07) is 0. The summed E-state index contributed by atoms with van der Waals surface area (Å²) in [5.74, 6) is 0.969. The fourth-order valence-electron chi connectivity index (χ4n) is 2.73. The third-order valence-electron chi connectivity index (χ3n) is 4.53. The molecule has 0 spiro atoms. The Kier molecular flexibility index (Phi) is 23.9. The van der Waals surface area contributed by atoms with Crippen molar-refractivity contribution in [2.45, 2.75) is 84.2 Å². The maximum Gasteiger partial charge on any atom is 0.475 e. The van der Waals surface area contributed by atoms with Gasteiger partial charge in [0.15, 0.2) is 0 Å². The summed E-state index contributed by atoms with van der Waals surface area (Å²) in [6.45, 7) is 16.0. The first kappa shape index (κ1) is 38.1. The van der Waals surface area contributed by atoms with E-state index in [1.807, 2.05) is 0 Å². The van der Waals surface area contributed by atoms with Crippen molar-refractivity contribution >= 4 is 35.3 Å². The van der Waals surface area contributed by atoms with Crippen LogP contribution in [0.2, 0.25) is 0 Å². The predicted octanol–water partition coefficient (Wildman–Crippen LogP) is 5.49. The van der Waals surface area contributed by atoms with E-state index in [1.54, 1.807) is 56.4 Å². The number of unbranched alkanes of at least 4 members (excludes halogenated alkanes) is 1. The van der Waals surface area contributed by atoms with E-state index in [0.29, 0.717) is 65.8 Å². The predicted molar refractivity (Wildman–Crippen MR) is 156 cm³/mol. The molecular weight excluding hydrogens is 553 g/mol. The van der Waals surface area contributed by atoms with E-state index in [2.05, 4.69) is 19.2 Å². The molecule has 0 aromatic heterocycles. The summed E-state index contributed by atoms with van der Waals surface area (Å²) in [6.07, 6.45) is 2.46. The standard InChI is InChI=1S/C25H52NO9PS2/c1-22(2)34-36(28,35-23(3)4)33-13-8-9-21-37-38-25(5,6)11-10-24(27)26-12-14-30-17-18-32-20-19-31-16-15-29-7/h22-23H,8-21H2,1-7H3,(H,26,27). The number of phosphoric ester groups is 1. The molecule has 0 aromatic carbocycles. The number of ether oxygens (including phenoxy) is 4. The van der Waals surface area contributed by atoms with E-state index >= 15 is 0 Å². The number of carbonyl (C=O) groups excluding carboxylic acids is 1. The van der Waals surface area contributed by atoms with Gasteiger partial charge in [-0.1, -0.05) is 21.6 Å². The molecule has 1 N–H and O–H groups in total. The largest absolute Gasteiger partial charge is 0.475 e. The SMILES string of the molecule is COCCOCCOCCOCCNC(=O)CCC(C)(C)SSCCCCOP(=O)(OC(C)C)OC(C)C. The first-order valence-corrected chi connectivity index (χ1v) is 17.2. The Balaban J connectivity index is 3.75. The minimum atomic E-state index is -3.53. The second-order valence-corrected chi connectivity index (χ2v) is 14.3. The summed E-state index contributed by atoms with van der Waals surface area (Å²) in [5, 5.41) is 2.90. The van der Waals surface area contributed by atoms with Gasteiger partial charge in [0.2, 0.25) is 5.91 Å². The van der Waals surface area contributed by atoms with Gasteiger partial charge in [-0.05, 0) is 60.8 Å². The molecule has 0 unspecified atom stereocenters. The quantitative estimate of drug-likeness (QED) is 0.0729. The van der Waals surface area contributed by atoms with Crippen LogP contribution in [0.15, 0.2) is 0 Å². The number of rotatable bonds is 27. The van der Waals surface area contributed by atoms with E-state index in [1.165, 1.54) is 0 Å². The number of phosphoric acid groups is 1. The molecule has 0 fully saturated rings. The molecule has 0 bridgehead atoms. The maximum atomic E-state index is 12.6. The summed E-state index contributed by atoms with van der Waals surface area (Å²) in [5.41, 5.74) is 0. The highest BCUT2D eigenvalue weighted by Gasteiger charge is 2.29. The highest BCUT2D eigenvalue weighted by atomic mass is 33.1. The van der Waals surface area contributed by atoms with Crippen molar-refractivity contribution < 1.29 is 41.9 Å². The first-order chi connectivity index (χ1) is 18.0. The lowest BCUT2D eigenvalue weighted by molar-refractivity contribution is -0.121. The van der Waals surface area contributed by atoms with Crippen molar-refractivity contribution in [2.75, 3.05) is 72.3 Å². The molecule has 1 amide bonds. The Morgan fingerprint density at radius 1 is 0.842 bits per heavy atom. The Morgan fingerprint density at radius 3 is 1.95 bits per heavy atom. The minimum Gasteiger partial charge on any atom is -0.382 e. The number of methoxy groups -OCH3 is 1. The van der Waals surface area contributed by atoms with Gasteiger partial charge in [0.25, 0.3) is 0 Å². The topological polar surface area (TPSA) is 111 Å². The molecule has 0 aliphatic heterocycles. The van der Waals surface area contributed by atoms with Crippen LogP contribution in [0.4, 0.5) is 0 Å². The second kappa shape index (κ2) is 23.8. The number of amides is 1. The van der Waals surface area contributed by atoms with Crippen molar-refractivity contribution in [3.05, 3.63) is 0 Å². The molecule has 0 rings (SSSR count). The monoisotopic (exact) mass is 605 g/mol. The van der Waals surface area contributed by atoms with Crippen molar-refractivity contribution in [3.8, 4) is 0 Å². The molecule has 228 valence electrons. The van der Waals surface area contributed by atoms with Gasteiger partial charge < -0.3 is 24.3 Å². The van der Waals surface area contributed by atoms with E-state index < -0.39 is 7.82 Å². The van der Waals surface area contributed by atoms with Gasteiger partial charge in [0.05, 0.1) is 65.1 Å². The molecule has 0 heterocycles. The summed E-state index contributed by atoms with van der Waals surface area (Å²) in [4.78, 5) is 12.1. The highest BCUT2D eigenvalue weighted by molar-refractivity contribution is 8.77. The molecule has 0 aromatic rings. The van der Waals surface area contributed by atoms with Gasteiger partial charge >= 0.3 is 7.82 Å². The van der Waals surface area contributed by atoms with Gasteiger partial charge in [0, 0.05) is 30.6 Å². The molecular formula is C25H52NO9PS2. The van der Waals surface area contributed by atoms with Crippen LogP contribution in [0.1, 0.15) is 67.2 Å². The van der Waals surface area contributed by atoms with Crippen LogP contribution in [0.3, 0.4) is 0 Å². The normalized spacial score (nSPS) is 12.6. The fourth-order valence-corrected chi connectivity index (χ4v) is 7.01. The lowest BCUT2D eigenvalue weighted by Crippen LogP contribution is -2.29. The molecule has 0 aliphatic rings. The van der Waals surface area contributed by atoms with Crippen LogP contribution in [0.25, 0.3) is 0 Å². The van der Waals surface area contributed by atoms with E-state index in [0.717, 1.165) is 25.0 Å². The Hall–Kier alpha value is 0.120. The zero-order valence-corrected chi connectivity index (χ0v) is 27.0. The smallest absolute Gasteiger partial charge is 0.382 e. The van der Waals surface area contributed by atoms with Crippen molar-refractivity contribution in [3.63, 3.8) is 0 Å². The Morgan fingerprint density at radius 2 is 1.39 bits per heavy atom. The molecule has 0 saturated heterocycles. The van der Waals surface area contributed by atoms with Gasteiger partial charge in [0.1, 0.15) is 0 Å². The molecule has 38 heavy (non-hydrogen) atoms. The molecule has 13 heteroatoms. The lowest BCUT2D eigenvalue weighted by atomic mass is 10.1. The zero-order chi connectivity index (χ0) is 28.7. The number of nitrogens with one attached hydrogen (secondary N) is 1. The zero-order valence-electron chi connectivity index (χ0n) is 24.5. The van der Waals surface area contributed by atoms with E-state index in [-0.39, 0.29) is 22.9 Å². The first-order valence-electron chi connectivity index (χ1n) is 13.4. The second-order valence-electron chi connectivity index (χ2n) is 9.64. The van der Waals surface area contributed by atoms with Crippen LogP contribution in [-0.4, -0.2) is 95.1 Å². The third-order valence-corrected chi connectivity index (χ3v) is 9.83. The number of hydrogen-bond acceptors (Lipinski definition) is 11. The van der Waals surface area contributed by atoms with Crippen LogP contribution in [0.5, 0.6) is 0 Å². The summed E-state index contributed by atoms with van der Waals surface area (Å²) < 4.78 is 49.9. The number of carbonyl (C=O) groups is 1. The van der Waals surface area contributed by atoms with Gasteiger partial charge in [-0.2, -0.15) is 0 Å². The van der Waals surface area contributed by atoms with Crippen molar-refractivity contribution in [1.82, 2.24) is 5.32 Å². The average molecular weight is 606 g/mol. The van der Waals surface area contributed by atoms with Crippen molar-refractivity contribution in [2.24, 2.45) is 0 Å². The minimum absolute atomic E-state index is 0.0223. The van der Waals surface area contributed by atoms with Gasteiger partial charge in [-0.15, -0.1) is 0 Å². The van der Waals surface area contributed by atoms with Crippen LogP contribution in [-0.2, 0) is 41.9 Å². The lowest BCUT2D eigenvalue weighted by Gasteiger charge is -2.23. The van der Waals surface area contributed by atoms with Gasteiger partial charge in [-0.3, -0.25) is 18.4 Å². The summed E-state index contributed by atoms with van der Waals surface area (Å²) >= 11 is 0. The van der Waals surface area contributed by atoms with Crippen LogP contribution >= 0.6 is 29.4 Å². The molecule has 10 nitrogen and oxygen atoms in total. The highest BCUT2D eigenvalue weighted by Crippen LogP contribution is 2.51. The Labute approximate surface area is 238 Å². The van der Waals surface area contributed by atoms with E-state index in [9.17, 15) is 9.36 Å². The molecule has 0 atom stereocenters. The molecule has 0 radical (unpaired) electrons. The fraction of sp³-hybridized carbons (Fsp3) is 0.960. The third kappa shape index (κ3) is 25.1. The maximum absolute atomic E-state index is 12.6. The van der Waals surface area contributed by atoms with Gasteiger partial charge in [-0.25, -0.2) is 4.57 Å². The van der Waals surface area contributed by atoms with Crippen LogP contribution < -0.4 is 5.32 Å². The molecule has 0 saturated carbocycles. The van der Waals surface area contributed by atoms with E-state index in [4.69, 9.17) is 32.5 Å². The Bertz CT molecular complexity index is 614. The summed E-state index contributed by atoms with van der Waals surface area (Å²) in [7, 11) is 1.68.